The first-order valence-corrected chi connectivity index (χ1v) is 9.46. The number of hydrogen-bond acceptors (Lipinski definition) is 3. The van der Waals surface area contributed by atoms with Gasteiger partial charge in [0, 0.05) is 22.1 Å². The second-order valence-electron chi connectivity index (χ2n) is 7.57. The van der Waals surface area contributed by atoms with Crippen LogP contribution in [0, 0.1) is 0 Å². The highest BCUT2D eigenvalue weighted by Gasteiger charge is 2.49. The van der Waals surface area contributed by atoms with Crippen molar-refractivity contribution in [2.75, 3.05) is 7.11 Å². The molecule has 136 valence electrons. The fraction of sp³-hybridized carbons (Fsp3) is 0.250. The van der Waals surface area contributed by atoms with Crippen molar-refractivity contribution in [1.82, 2.24) is 0 Å². The lowest BCUT2D eigenvalue weighted by Gasteiger charge is -2.28. The fourth-order valence-electron chi connectivity index (χ4n) is 5.33. The molecule has 0 aliphatic heterocycles. The third kappa shape index (κ3) is 2.14. The summed E-state index contributed by atoms with van der Waals surface area (Å²) < 4.78 is 5.55. The fourth-order valence-corrected chi connectivity index (χ4v) is 5.33. The molecule has 1 atom stereocenters. The normalized spacial score (nSPS) is 19.9. The van der Waals surface area contributed by atoms with E-state index < -0.39 is 0 Å². The molecule has 0 aromatic heterocycles. The molecule has 0 heterocycles. The predicted octanol–water partition coefficient (Wildman–Crippen LogP) is 4.95. The minimum Gasteiger partial charge on any atom is -0.508 e. The smallest absolute Gasteiger partial charge is 0.122 e. The molecule has 3 aromatic carbocycles. The van der Waals surface area contributed by atoms with Crippen molar-refractivity contribution in [3.05, 3.63) is 76.9 Å². The van der Waals surface area contributed by atoms with Crippen LogP contribution in [0.3, 0.4) is 0 Å². The summed E-state index contributed by atoms with van der Waals surface area (Å²) in [6.45, 7) is 0. The number of phenolic OH excluding ortho intramolecular Hbond substituents is 2. The average molecular weight is 358 g/mol. The number of hydrogen-bond donors (Lipinski definition) is 2. The lowest BCUT2D eigenvalue weighted by atomic mass is 9.75. The van der Waals surface area contributed by atoms with Crippen molar-refractivity contribution < 1.29 is 14.9 Å². The van der Waals surface area contributed by atoms with E-state index in [0.29, 0.717) is 11.5 Å². The Balaban J connectivity index is 1.77. The van der Waals surface area contributed by atoms with Gasteiger partial charge in [-0.05, 0) is 60.6 Å². The highest BCUT2D eigenvalue weighted by Crippen LogP contribution is 2.59. The van der Waals surface area contributed by atoms with Crippen LogP contribution in [0.25, 0.3) is 11.1 Å². The van der Waals surface area contributed by atoms with Crippen LogP contribution in [0.15, 0.2) is 54.6 Å². The van der Waals surface area contributed by atoms with Gasteiger partial charge in [0.25, 0.3) is 0 Å². The molecule has 0 unspecified atom stereocenters. The first-order valence-electron chi connectivity index (χ1n) is 9.46. The van der Waals surface area contributed by atoms with Gasteiger partial charge < -0.3 is 14.9 Å². The Morgan fingerprint density at radius 3 is 2.11 bits per heavy atom. The first kappa shape index (κ1) is 16.2. The van der Waals surface area contributed by atoms with Crippen molar-refractivity contribution in [1.29, 1.82) is 0 Å². The van der Waals surface area contributed by atoms with E-state index in [2.05, 4.69) is 12.1 Å². The second kappa shape index (κ2) is 5.78. The highest BCUT2D eigenvalue weighted by molar-refractivity contribution is 5.75. The van der Waals surface area contributed by atoms with Crippen molar-refractivity contribution in [2.45, 2.75) is 31.1 Å². The van der Waals surface area contributed by atoms with Crippen LogP contribution in [0.2, 0.25) is 0 Å². The molecule has 27 heavy (non-hydrogen) atoms. The zero-order valence-electron chi connectivity index (χ0n) is 15.3. The summed E-state index contributed by atoms with van der Waals surface area (Å²) in [4.78, 5) is 0. The number of methoxy groups -OCH3 is 1. The topological polar surface area (TPSA) is 49.7 Å². The molecule has 2 N–H and O–H groups in total. The van der Waals surface area contributed by atoms with E-state index in [1.165, 1.54) is 16.7 Å². The Kier molecular flexibility index (Phi) is 3.48. The maximum atomic E-state index is 10.9. The monoisotopic (exact) mass is 358 g/mol. The average Bonchev–Trinajstić information content (AvgIpc) is 3.27. The molecule has 3 nitrogen and oxygen atoms in total. The van der Waals surface area contributed by atoms with Crippen LogP contribution < -0.4 is 4.74 Å². The largest absolute Gasteiger partial charge is 0.508 e. The van der Waals surface area contributed by atoms with Crippen molar-refractivity contribution in [2.24, 2.45) is 0 Å². The molecule has 2 aliphatic carbocycles. The molecule has 0 amide bonds. The summed E-state index contributed by atoms with van der Waals surface area (Å²) in [7, 11) is 1.67. The van der Waals surface area contributed by atoms with E-state index in [1.807, 2.05) is 36.4 Å². The Bertz CT molecular complexity index is 1040. The van der Waals surface area contributed by atoms with Crippen LogP contribution >= 0.6 is 0 Å². The van der Waals surface area contributed by atoms with Gasteiger partial charge in [0.15, 0.2) is 0 Å². The summed E-state index contributed by atoms with van der Waals surface area (Å²) in [5, 5.41) is 21.6. The number of fused-ring (bicyclic) bond motifs is 4. The van der Waals surface area contributed by atoms with E-state index in [-0.39, 0.29) is 5.41 Å². The van der Waals surface area contributed by atoms with Gasteiger partial charge in [-0.3, -0.25) is 0 Å². The third-order valence-corrected chi connectivity index (χ3v) is 6.40. The zero-order valence-corrected chi connectivity index (χ0v) is 15.3. The molecule has 3 heteroatoms. The van der Waals surface area contributed by atoms with E-state index in [4.69, 9.17) is 4.74 Å². The number of aromatic hydroxyl groups is 2. The highest BCUT2D eigenvalue weighted by atomic mass is 16.5. The Morgan fingerprint density at radius 1 is 0.778 bits per heavy atom. The van der Waals surface area contributed by atoms with Crippen molar-refractivity contribution >= 4 is 0 Å². The standard InChI is InChI=1S/C24H22O3/c1-27-21-10-9-20(26)23-18(21)12-14-24(23)13-11-17-16(7-8-19(25)22(17)24)15-5-3-2-4-6-15/h2-10,25-26H,11-14H2,1H3/t24-/m1/s1. The molecule has 0 saturated carbocycles. The molecule has 0 fully saturated rings. The lowest BCUT2D eigenvalue weighted by molar-refractivity contribution is 0.404. The van der Waals surface area contributed by atoms with E-state index in [9.17, 15) is 10.2 Å². The minimum absolute atomic E-state index is 0.306. The van der Waals surface area contributed by atoms with E-state index >= 15 is 0 Å². The van der Waals surface area contributed by atoms with Crippen LogP contribution in [0.1, 0.15) is 35.1 Å². The van der Waals surface area contributed by atoms with Gasteiger partial charge in [-0.2, -0.15) is 0 Å². The van der Waals surface area contributed by atoms with Crippen molar-refractivity contribution in [3.8, 4) is 28.4 Å². The van der Waals surface area contributed by atoms with Gasteiger partial charge in [-0.1, -0.05) is 36.4 Å². The molecular weight excluding hydrogens is 336 g/mol. The predicted molar refractivity (Wildman–Crippen MR) is 106 cm³/mol. The molecule has 0 bridgehead atoms. The van der Waals surface area contributed by atoms with Gasteiger partial charge in [-0.25, -0.2) is 0 Å². The molecule has 0 saturated heterocycles. The number of benzene rings is 3. The summed E-state index contributed by atoms with van der Waals surface area (Å²) in [5.74, 6) is 1.46. The molecule has 0 radical (unpaired) electrons. The lowest BCUT2D eigenvalue weighted by Crippen LogP contribution is -2.21. The van der Waals surface area contributed by atoms with Crippen LogP contribution in [-0.2, 0) is 18.3 Å². The van der Waals surface area contributed by atoms with Gasteiger partial charge in [-0.15, -0.1) is 0 Å². The molecule has 5 rings (SSSR count). The van der Waals surface area contributed by atoms with Crippen LogP contribution in [0.5, 0.6) is 17.2 Å². The van der Waals surface area contributed by atoms with Gasteiger partial charge >= 0.3 is 0 Å². The number of ether oxygens (including phenoxy) is 1. The van der Waals surface area contributed by atoms with Crippen LogP contribution in [0.4, 0.5) is 0 Å². The summed E-state index contributed by atoms with van der Waals surface area (Å²) in [6, 6.07) is 17.7. The maximum absolute atomic E-state index is 10.9. The SMILES string of the molecule is COc1ccc(O)c2c1CC[C@@]21CCc2c(-c3ccccc3)ccc(O)c21. The number of phenols is 2. The molecule has 2 aliphatic rings. The Labute approximate surface area is 158 Å². The Hall–Kier alpha value is -2.94. The van der Waals surface area contributed by atoms with Gasteiger partial charge in [0.1, 0.15) is 17.2 Å². The second-order valence-corrected chi connectivity index (χ2v) is 7.57. The summed E-state index contributed by atoms with van der Waals surface area (Å²) in [5.41, 5.74) is 6.23. The Morgan fingerprint density at radius 2 is 1.41 bits per heavy atom. The zero-order chi connectivity index (χ0) is 18.6. The summed E-state index contributed by atoms with van der Waals surface area (Å²) >= 11 is 0. The summed E-state index contributed by atoms with van der Waals surface area (Å²) in [6.07, 6.45) is 3.52. The maximum Gasteiger partial charge on any atom is 0.122 e. The first-order chi connectivity index (χ1) is 13.2. The minimum atomic E-state index is -0.335. The molecular formula is C24H22O3. The van der Waals surface area contributed by atoms with Gasteiger partial charge in [0.2, 0.25) is 0 Å². The van der Waals surface area contributed by atoms with Gasteiger partial charge in [0.05, 0.1) is 7.11 Å². The van der Waals surface area contributed by atoms with Crippen LogP contribution in [-0.4, -0.2) is 17.3 Å². The van der Waals surface area contributed by atoms with E-state index in [0.717, 1.165) is 48.1 Å². The van der Waals surface area contributed by atoms with E-state index in [1.54, 1.807) is 13.2 Å². The molecule has 1 spiro atoms. The van der Waals surface area contributed by atoms with Crippen molar-refractivity contribution in [3.63, 3.8) is 0 Å². The third-order valence-electron chi connectivity index (χ3n) is 6.40. The number of rotatable bonds is 2. The quantitative estimate of drug-likeness (QED) is 0.681. The molecule has 3 aromatic rings.